The van der Waals surface area contributed by atoms with E-state index in [9.17, 15) is 14.7 Å². The molecule has 0 aliphatic carbocycles. The van der Waals surface area contributed by atoms with Crippen LogP contribution in [0.1, 0.15) is 70.8 Å². The third-order valence-corrected chi connectivity index (χ3v) is 5.61. The van der Waals surface area contributed by atoms with Crippen molar-refractivity contribution >= 4 is 11.8 Å². The number of benzene rings is 2. The van der Waals surface area contributed by atoms with Crippen molar-refractivity contribution in [2.45, 2.75) is 73.5 Å². The van der Waals surface area contributed by atoms with Crippen molar-refractivity contribution in [1.29, 1.82) is 0 Å². The number of ether oxygens (including phenoxy) is 2. The van der Waals surface area contributed by atoms with E-state index in [-0.39, 0.29) is 38.7 Å². The summed E-state index contributed by atoms with van der Waals surface area (Å²) in [5.41, 5.74) is 0.355. The Labute approximate surface area is 223 Å². The molecule has 2 N–H and O–H groups in total. The van der Waals surface area contributed by atoms with Gasteiger partial charge in [0.1, 0.15) is 17.3 Å². The van der Waals surface area contributed by atoms with Gasteiger partial charge in [-0.3, -0.25) is 4.79 Å². The molecule has 0 fully saturated rings. The molecule has 6 nitrogen and oxygen atoms in total. The van der Waals surface area contributed by atoms with Gasteiger partial charge in [0, 0.05) is 44.9 Å². The Morgan fingerprint density at radius 1 is 0.971 bits per heavy atom. The van der Waals surface area contributed by atoms with Crippen LogP contribution < -0.4 is 9.47 Å². The topological polar surface area (TPSA) is 93.1 Å². The number of carbonyl (C=O) groups excluding carboxylic acids is 2. The summed E-state index contributed by atoms with van der Waals surface area (Å²) in [4.78, 5) is 24.8. The molecule has 0 saturated heterocycles. The van der Waals surface area contributed by atoms with Gasteiger partial charge >= 0.3 is 5.97 Å². The number of esters is 1. The first-order chi connectivity index (χ1) is 15.9. The van der Waals surface area contributed by atoms with Crippen molar-refractivity contribution in [2.24, 2.45) is 11.3 Å². The summed E-state index contributed by atoms with van der Waals surface area (Å²) in [5.74, 6) is 0.969. The molecule has 2 aromatic rings. The van der Waals surface area contributed by atoms with E-state index in [0.717, 1.165) is 12.0 Å². The van der Waals surface area contributed by atoms with Crippen LogP contribution in [0, 0.1) is 11.3 Å². The molecule has 0 aliphatic heterocycles. The molecule has 7 heteroatoms. The van der Waals surface area contributed by atoms with E-state index in [4.69, 9.17) is 14.6 Å². The maximum absolute atomic E-state index is 12.4. The molecule has 2 aromatic carbocycles. The Morgan fingerprint density at radius 2 is 1.51 bits per heavy atom. The summed E-state index contributed by atoms with van der Waals surface area (Å²) in [6, 6.07) is 13.7. The summed E-state index contributed by atoms with van der Waals surface area (Å²) in [7, 11) is 0. The standard InChI is InChI=1S/C24H30O5.C4H10O.Re/c1-6-16(2)28-20-8-7-9-21(15-20)29-23(27)19-12-10-18(11-13-19)14-22(26)24(4,5)17(3)25;1-4(2)3-5;/h7-13,15-17,25H,6,14H2,1-5H3;4-5H,3H2,1-2H3;. The van der Waals surface area contributed by atoms with Crippen LogP contribution in [0.2, 0.25) is 0 Å². The monoisotopic (exact) mass is 659 g/mol. The molecule has 35 heavy (non-hydrogen) atoms. The number of aliphatic hydroxyl groups excluding tert-OH is 2. The van der Waals surface area contributed by atoms with Crippen molar-refractivity contribution in [2.75, 3.05) is 6.61 Å². The molecular weight excluding hydrogens is 619 g/mol. The van der Waals surface area contributed by atoms with Crippen molar-refractivity contribution in [3.63, 3.8) is 0 Å². The number of Topliss-reactive ketones (excluding diaryl/α,β-unsaturated/α-hetero) is 1. The summed E-state index contributed by atoms with van der Waals surface area (Å²) in [5, 5.41) is 17.9. The van der Waals surface area contributed by atoms with Gasteiger partial charge in [0.25, 0.3) is 0 Å². The third-order valence-electron chi connectivity index (χ3n) is 5.61. The van der Waals surface area contributed by atoms with E-state index < -0.39 is 17.5 Å². The third kappa shape index (κ3) is 11.5. The fraction of sp³-hybridized carbons (Fsp3) is 0.500. The summed E-state index contributed by atoms with van der Waals surface area (Å²) < 4.78 is 11.2. The molecule has 195 valence electrons. The molecule has 2 rings (SSSR count). The fourth-order valence-corrected chi connectivity index (χ4v) is 2.50. The predicted octanol–water partition coefficient (Wildman–Crippen LogP) is 5.23. The number of carbonyl (C=O) groups is 2. The summed E-state index contributed by atoms with van der Waals surface area (Å²) >= 11 is 0. The van der Waals surface area contributed by atoms with Crippen LogP contribution in [0.3, 0.4) is 0 Å². The molecule has 0 heterocycles. The van der Waals surface area contributed by atoms with Crippen molar-refractivity contribution in [3.05, 3.63) is 59.7 Å². The maximum Gasteiger partial charge on any atom is 0.343 e. The van der Waals surface area contributed by atoms with Gasteiger partial charge in [0.2, 0.25) is 0 Å². The Bertz CT molecular complexity index is 906. The Morgan fingerprint density at radius 3 is 2.00 bits per heavy atom. The van der Waals surface area contributed by atoms with Crippen LogP contribution in [-0.4, -0.2) is 40.8 Å². The minimum Gasteiger partial charge on any atom is -0.491 e. The Hall–Kier alpha value is -2.04. The second kappa shape index (κ2) is 15.9. The quantitative estimate of drug-likeness (QED) is 0.268. The van der Waals surface area contributed by atoms with Crippen molar-refractivity contribution in [3.8, 4) is 11.5 Å². The van der Waals surface area contributed by atoms with Crippen LogP contribution in [0.15, 0.2) is 48.5 Å². The summed E-state index contributed by atoms with van der Waals surface area (Å²) in [6.07, 6.45) is 0.425. The number of aliphatic hydroxyl groups is 2. The summed E-state index contributed by atoms with van der Waals surface area (Å²) in [6.45, 7) is 13.3. The second-order valence-electron chi connectivity index (χ2n) is 9.47. The van der Waals surface area contributed by atoms with Crippen LogP contribution in [-0.2, 0) is 31.6 Å². The van der Waals surface area contributed by atoms with Gasteiger partial charge in [0.05, 0.1) is 17.8 Å². The zero-order chi connectivity index (χ0) is 25.9. The van der Waals surface area contributed by atoms with Gasteiger partial charge in [-0.25, -0.2) is 4.79 Å². The van der Waals surface area contributed by atoms with E-state index >= 15 is 0 Å². The molecular formula is C28H40O6Re. The van der Waals surface area contributed by atoms with E-state index in [2.05, 4.69) is 0 Å². The molecule has 2 unspecified atom stereocenters. The van der Waals surface area contributed by atoms with Gasteiger partial charge in [0.15, 0.2) is 0 Å². The maximum atomic E-state index is 12.4. The zero-order valence-corrected chi connectivity index (χ0v) is 24.6. The number of ketones is 1. The molecule has 2 atom stereocenters. The normalized spacial score (nSPS) is 12.5. The second-order valence-corrected chi connectivity index (χ2v) is 9.47. The molecule has 0 spiro atoms. The average molecular weight is 659 g/mol. The van der Waals surface area contributed by atoms with E-state index in [1.165, 1.54) is 0 Å². The van der Waals surface area contributed by atoms with E-state index in [1.54, 1.807) is 63.2 Å². The van der Waals surface area contributed by atoms with Gasteiger partial charge in [-0.05, 0) is 56.0 Å². The van der Waals surface area contributed by atoms with Crippen molar-refractivity contribution < 1.29 is 49.7 Å². The van der Waals surface area contributed by atoms with E-state index in [1.807, 2.05) is 33.8 Å². The molecule has 0 bridgehead atoms. The van der Waals surface area contributed by atoms with Crippen LogP contribution in [0.5, 0.6) is 11.5 Å². The minimum absolute atomic E-state index is 0. The molecule has 0 amide bonds. The number of rotatable bonds is 10. The van der Waals surface area contributed by atoms with Crippen LogP contribution >= 0.6 is 0 Å². The van der Waals surface area contributed by atoms with Gasteiger partial charge in [-0.15, -0.1) is 0 Å². The minimum atomic E-state index is -0.819. The van der Waals surface area contributed by atoms with Gasteiger partial charge in [-0.1, -0.05) is 52.8 Å². The Kier molecular flexibility index (Phi) is 14.9. The fourth-order valence-electron chi connectivity index (χ4n) is 2.50. The SMILES string of the molecule is CC(C)CO.CCC(C)Oc1cccc(OC(=O)c2ccc(CC(=O)C(C)(C)C(C)O)cc2)c1.[Re]. The smallest absolute Gasteiger partial charge is 0.343 e. The van der Waals surface area contributed by atoms with Gasteiger partial charge < -0.3 is 19.7 Å². The predicted molar refractivity (Wildman–Crippen MR) is 134 cm³/mol. The molecule has 1 radical (unpaired) electrons. The number of hydrogen-bond acceptors (Lipinski definition) is 6. The largest absolute Gasteiger partial charge is 0.491 e. The molecule has 0 saturated carbocycles. The Balaban J connectivity index is 0.00000175. The van der Waals surface area contributed by atoms with Crippen LogP contribution in [0.4, 0.5) is 0 Å². The molecule has 0 aliphatic rings. The van der Waals surface area contributed by atoms with Crippen LogP contribution in [0.25, 0.3) is 0 Å². The first-order valence-corrected chi connectivity index (χ1v) is 11.8. The van der Waals surface area contributed by atoms with Gasteiger partial charge in [-0.2, -0.15) is 0 Å². The first-order valence-electron chi connectivity index (χ1n) is 11.8. The molecule has 0 aromatic heterocycles. The zero-order valence-electron chi connectivity index (χ0n) is 21.9. The number of hydrogen-bond donors (Lipinski definition) is 2. The average Bonchev–Trinajstić information content (AvgIpc) is 2.79. The first kappa shape index (κ1) is 33.0. The van der Waals surface area contributed by atoms with E-state index in [0.29, 0.717) is 29.6 Å². The van der Waals surface area contributed by atoms with Crippen molar-refractivity contribution in [1.82, 2.24) is 0 Å².